The third-order valence-corrected chi connectivity index (χ3v) is 3.94. The molecule has 0 bridgehead atoms. The lowest BCUT2D eigenvalue weighted by atomic mass is 10.0. The summed E-state index contributed by atoms with van der Waals surface area (Å²) in [6.07, 6.45) is 0.190. The molecule has 2 nitrogen and oxygen atoms in total. The molecule has 0 aromatic heterocycles. The molecule has 20 heavy (non-hydrogen) atoms. The van der Waals surface area contributed by atoms with Crippen molar-refractivity contribution in [2.45, 2.75) is 13.3 Å². The Morgan fingerprint density at radius 3 is 2.20 bits per heavy atom. The third-order valence-electron chi connectivity index (χ3n) is 2.96. The van der Waals surface area contributed by atoms with Gasteiger partial charge in [0.25, 0.3) is 0 Å². The lowest BCUT2D eigenvalue weighted by molar-refractivity contribution is 0.0993. The zero-order valence-corrected chi connectivity index (χ0v) is 13.0. The maximum atomic E-state index is 12.3. The number of Topliss-reactive ketones (excluding diaryl/α,β-unsaturated/α-hetero) is 1. The van der Waals surface area contributed by atoms with E-state index >= 15 is 0 Å². The molecule has 0 saturated carbocycles. The molecule has 0 spiro atoms. The second-order valence-electron chi connectivity index (χ2n) is 4.55. The Kier molecular flexibility index (Phi) is 4.59. The Bertz CT molecular complexity index is 660. The minimum Gasteiger partial charge on any atom is -0.396 e. The van der Waals surface area contributed by atoms with Crippen LogP contribution in [0.2, 0.25) is 15.1 Å². The first-order valence-corrected chi connectivity index (χ1v) is 7.04. The van der Waals surface area contributed by atoms with Crippen LogP contribution < -0.4 is 5.73 Å². The zero-order valence-electron chi connectivity index (χ0n) is 10.7. The van der Waals surface area contributed by atoms with E-state index in [1.807, 2.05) is 25.1 Å². The quantitative estimate of drug-likeness (QED) is 0.639. The first-order chi connectivity index (χ1) is 9.38. The summed E-state index contributed by atoms with van der Waals surface area (Å²) in [5.41, 5.74) is 8.16. The van der Waals surface area contributed by atoms with Crippen LogP contribution >= 0.6 is 34.8 Å². The number of carbonyl (C=O) groups is 1. The van der Waals surface area contributed by atoms with E-state index in [0.717, 1.165) is 11.1 Å². The van der Waals surface area contributed by atoms with Gasteiger partial charge in [0.1, 0.15) is 0 Å². The smallest absolute Gasteiger partial charge is 0.167 e. The molecule has 0 heterocycles. The topological polar surface area (TPSA) is 43.1 Å². The fourth-order valence-electron chi connectivity index (χ4n) is 1.82. The number of benzene rings is 2. The summed E-state index contributed by atoms with van der Waals surface area (Å²) in [6.45, 7) is 1.94. The van der Waals surface area contributed by atoms with E-state index in [1.165, 1.54) is 12.1 Å². The Morgan fingerprint density at radius 1 is 1.05 bits per heavy atom. The molecule has 0 unspecified atom stereocenters. The van der Waals surface area contributed by atoms with E-state index in [1.54, 1.807) is 0 Å². The second kappa shape index (κ2) is 6.04. The highest BCUT2D eigenvalue weighted by atomic mass is 35.5. The molecule has 2 aromatic rings. The Morgan fingerprint density at radius 2 is 1.65 bits per heavy atom. The van der Waals surface area contributed by atoms with Gasteiger partial charge in [-0.3, -0.25) is 4.79 Å². The fourth-order valence-corrected chi connectivity index (χ4v) is 2.61. The van der Waals surface area contributed by atoms with Crippen molar-refractivity contribution in [3.05, 3.63) is 62.1 Å². The first-order valence-electron chi connectivity index (χ1n) is 5.91. The minimum absolute atomic E-state index is 0.112. The SMILES string of the molecule is Cc1ccc(CC(=O)c2cc(Cl)c(N)c(Cl)c2)c(Cl)c1. The van der Waals surface area contributed by atoms with Crippen molar-refractivity contribution in [3.8, 4) is 0 Å². The molecule has 2 rings (SSSR count). The maximum absolute atomic E-state index is 12.3. The number of carbonyl (C=O) groups excluding carboxylic acids is 1. The van der Waals surface area contributed by atoms with Crippen LogP contribution in [0, 0.1) is 6.92 Å². The summed E-state index contributed by atoms with van der Waals surface area (Å²) in [5.74, 6) is -0.112. The average Bonchev–Trinajstić information content (AvgIpc) is 2.38. The molecule has 104 valence electrons. The van der Waals surface area contributed by atoms with Crippen LogP contribution in [0.4, 0.5) is 5.69 Å². The van der Waals surface area contributed by atoms with Crippen LogP contribution in [-0.2, 0) is 6.42 Å². The van der Waals surface area contributed by atoms with E-state index in [0.29, 0.717) is 10.6 Å². The van der Waals surface area contributed by atoms with Gasteiger partial charge in [-0.2, -0.15) is 0 Å². The van der Waals surface area contributed by atoms with Crippen molar-refractivity contribution in [1.29, 1.82) is 0 Å². The normalized spacial score (nSPS) is 10.6. The summed E-state index contributed by atoms with van der Waals surface area (Å²) in [6, 6.07) is 8.63. The summed E-state index contributed by atoms with van der Waals surface area (Å²) in [5, 5.41) is 1.12. The molecule has 2 aromatic carbocycles. The van der Waals surface area contributed by atoms with Gasteiger partial charge in [0.2, 0.25) is 0 Å². The molecule has 2 N–H and O–H groups in total. The predicted octanol–water partition coefficient (Wildman–Crippen LogP) is 4.96. The highest BCUT2D eigenvalue weighted by Crippen LogP contribution is 2.29. The van der Waals surface area contributed by atoms with E-state index in [-0.39, 0.29) is 27.9 Å². The molecule has 0 aliphatic rings. The first kappa shape index (κ1) is 15.2. The number of anilines is 1. The van der Waals surface area contributed by atoms with Gasteiger partial charge >= 0.3 is 0 Å². The number of nitrogen functional groups attached to an aromatic ring is 1. The monoisotopic (exact) mass is 327 g/mol. The fraction of sp³-hybridized carbons (Fsp3) is 0.133. The van der Waals surface area contributed by atoms with Gasteiger partial charge in [-0.1, -0.05) is 46.9 Å². The second-order valence-corrected chi connectivity index (χ2v) is 5.77. The lowest BCUT2D eigenvalue weighted by Crippen LogP contribution is -2.05. The van der Waals surface area contributed by atoms with E-state index in [4.69, 9.17) is 40.5 Å². The summed E-state index contributed by atoms with van der Waals surface area (Å²) < 4.78 is 0. The van der Waals surface area contributed by atoms with Crippen molar-refractivity contribution < 1.29 is 4.79 Å². The predicted molar refractivity (Wildman–Crippen MR) is 85.1 cm³/mol. The molecule has 0 fully saturated rings. The van der Waals surface area contributed by atoms with Gasteiger partial charge in [-0.05, 0) is 36.2 Å². The molecule has 0 amide bonds. The average molecular weight is 329 g/mol. The van der Waals surface area contributed by atoms with Gasteiger partial charge in [0.05, 0.1) is 15.7 Å². The van der Waals surface area contributed by atoms with Crippen molar-refractivity contribution in [3.63, 3.8) is 0 Å². The molecule has 0 aliphatic carbocycles. The third kappa shape index (κ3) is 3.26. The minimum atomic E-state index is -0.112. The van der Waals surface area contributed by atoms with Crippen molar-refractivity contribution in [2.24, 2.45) is 0 Å². The van der Waals surface area contributed by atoms with E-state index < -0.39 is 0 Å². The number of rotatable bonds is 3. The summed E-state index contributed by atoms with van der Waals surface area (Å²) in [4.78, 5) is 12.3. The zero-order chi connectivity index (χ0) is 14.9. The maximum Gasteiger partial charge on any atom is 0.167 e. The van der Waals surface area contributed by atoms with Gasteiger partial charge in [0.15, 0.2) is 5.78 Å². The molecule has 0 saturated heterocycles. The van der Waals surface area contributed by atoms with Crippen LogP contribution in [0.25, 0.3) is 0 Å². The number of hydrogen-bond acceptors (Lipinski definition) is 2. The number of nitrogens with two attached hydrogens (primary N) is 1. The number of hydrogen-bond donors (Lipinski definition) is 1. The van der Waals surface area contributed by atoms with Gasteiger partial charge < -0.3 is 5.73 Å². The molecular weight excluding hydrogens is 317 g/mol. The van der Waals surface area contributed by atoms with Crippen molar-refractivity contribution in [1.82, 2.24) is 0 Å². The van der Waals surface area contributed by atoms with Gasteiger partial charge in [0, 0.05) is 17.0 Å². The van der Waals surface area contributed by atoms with Crippen LogP contribution in [0.5, 0.6) is 0 Å². The number of aryl methyl sites for hydroxylation is 1. The number of ketones is 1. The highest BCUT2D eigenvalue weighted by molar-refractivity contribution is 6.39. The van der Waals surface area contributed by atoms with Crippen LogP contribution in [0.1, 0.15) is 21.5 Å². The Balaban J connectivity index is 2.28. The highest BCUT2D eigenvalue weighted by Gasteiger charge is 2.13. The molecule has 0 radical (unpaired) electrons. The van der Waals surface area contributed by atoms with Crippen LogP contribution in [-0.4, -0.2) is 5.78 Å². The Labute approximate surface area is 132 Å². The molecular formula is C15H12Cl3NO. The lowest BCUT2D eigenvalue weighted by Gasteiger charge is -2.07. The Hall–Kier alpha value is -1.22. The van der Waals surface area contributed by atoms with Gasteiger partial charge in [-0.15, -0.1) is 0 Å². The van der Waals surface area contributed by atoms with Gasteiger partial charge in [-0.25, -0.2) is 0 Å². The molecule has 0 atom stereocenters. The van der Waals surface area contributed by atoms with Crippen molar-refractivity contribution >= 4 is 46.3 Å². The van der Waals surface area contributed by atoms with E-state index in [2.05, 4.69) is 0 Å². The number of halogens is 3. The van der Waals surface area contributed by atoms with Crippen LogP contribution in [0.3, 0.4) is 0 Å². The molecule has 0 aliphatic heterocycles. The largest absolute Gasteiger partial charge is 0.396 e. The standard InChI is InChI=1S/C15H12Cl3NO/c1-8-2-3-9(11(16)4-8)7-14(20)10-5-12(17)15(19)13(18)6-10/h2-6H,7,19H2,1H3. The van der Waals surface area contributed by atoms with Crippen LogP contribution in [0.15, 0.2) is 30.3 Å². The summed E-state index contributed by atoms with van der Waals surface area (Å²) in [7, 11) is 0. The summed E-state index contributed by atoms with van der Waals surface area (Å²) >= 11 is 18.0. The van der Waals surface area contributed by atoms with E-state index in [9.17, 15) is 4.79 Å². The van der Waals surface area contributed by atoms with Crippen molar-refractivity contribution in [2.75, 3.05) is 5.73 Å². The molecule has 5 heteroatoms.